The molecule has 0 aromatic rings. The summed E-state index contributed by atoms with van der Waals surface area (Å²) in [6.45, 7) is 8.32. The standard InChI is InChI=1S/C11H23NO2/c1-9(2)14-7-10(13)6-12-8-11(3)4-5-11/h9-10,12-13H,4-8H2,1-3H3. The predicted octanol–water partition coefficient (Wildman–Crippen LogP) is 1.16. The van der Waals surface area contributed by atoms with Gasteiger partial charge in [0.25, 0.3) is 0 Å². The molecule has 0 amide bonds. The third-order valence-electron chi connectivity index (χ3n) is 2.66. The zero-order valence-electron chi connectivity index (χ0n) is 9.55. The maximum absolute atomic E-state index is 9.53. The van der Waals surface area contributed by atoms with Crippen molar-refractivity contribution in [3.63, 3.8) is 0 Å². The van der Waals surface area contributed by atoms with Crippen LogP contribution in [0.1, 0.15) is 33.6 Å². The zero-order valence-corrected chi connectivity index (χ0v) is 9.55. The molecule has 1 unspecified atom stereocenters. The lowest BCUT2D eigenvalue weighted by Gasteiger charge is -2.15. The third-order valence-corrected chi connectivity index (χ3v) is 2.66. The Morgan fingerprint density at radius 1 is 1.43 bits per heavy atom. The molecule has 2 N–H and O–H groups in total. The number of aliphatic hydroxyl groups is 1. The first-order valence-electron chi connectivity index (χ1n) is 5.52. The monoisotopic (exact) mass is 201 g/mol. The van der Waals surface area contributed by atoms with Gasteiger partial charge in [0.1, 0.15) is 0 Å². The minimum absolute atomic E-state index is 0.200. The third kappa shape index (κ3) is 4.94. The van der Waals surface area contributed by atoms with Gasteiger partial charge >= 0.3 is 0 Å². The van der Waals surface area contributed by atoms with Gasteiger partial charge in [0.15, 0.2) is 0 Å². The van der Waals surface area contributed by atoms with Crippen LogP contribution in [0.25, 0.3) is 0 Å². The SMILES string of the molecule is CC(C)OCC(O)CNCC1(C)CC1. The summed E-state index contributed by atoms with van der Waals surface area (Å²) in [5.74, 6) is 0. The second-order valence-electron chi connectivity index (χ2n) is 4.98. The maximum Gasteiger partial charge on any atom is 0.0897 e. The van der Waals surface area contributed by atoms with Crippen LogP contribution in [0.4, 0.5) is 0 Å². The minimum atomic E-state index is -0.375. The van der Waals surface area contributed by atoms with Gasteiger partial charge in [-0.15, -0.1) is 0 Å². The van der Waals surface area contributed by atoms with E-state index >= 15 is 0 Å². The summed E-state index contributed by atoms with van der Waals surface area (Å²) in [4.78, 5) is 0. The van der Waals surface area contributed by atoms with E-state index in [0.717, 1.165) is 6.54 Å². The van der Waals surface area contributed by atoms with Crippen LogP contribution in [0.3, 0.4) is 0 Å². The summed E-state index contributed by atoms with van der Waals surface area (Å²) in [6.07, 6.45) is 2.46. The van der Waals surface area contributed by atoms with Crippen LogP contribution in [-0.4, -0.2) is 37.0 Å². The quantitative estimate of drug-likeness (QED) is 0.649. The molecule has 3 heteroatoms. The molecule has 0 aromatic heterocycles. The van der Waals surface area contributed by atoms with E-state index < -0.39 is 0 Å². The Bertz CT molecular complexity index is 167. The lowest BCUT2D eigenvalue weighted by Crippen LogP contribution is -2.34. The summed E-state index contributed by atoms with van der Waals surface area (Å²) in [7, 11) is 0. The highest BCUT2D eigenvalue weighted by molar-refractivity contribution is 4.90. The average Bonchev–Trinajstić information content (AvgIpc) is 2.80. The van der Waals surface area contributed by atoms with Crippen molar-refractivity contribution in [3.05, 3.63) is 0 Å². The van der Waals surface area contributed by atoms with E-state index in [1.165, 1.54) is 12.8 Å². The number of nitrogens with one attached hydrogen (secondary N) is 1. The Hall–Kier alpha value is -0.120. The fraction of sp³-hybridized carbons (Fsp3) is 1.00. The normalized spacial score (nSPS) is 21.2. The van der Waals surface area contributed by atoms with Crippen LogP contribution in [0.5, 0.6) is 0 Å². The molecule has 0 spiro atoms. The van der Waals surface area contributed by atoms with Gasteiger partial charge in [-0.2, -0.15) is 0 Å². The van der Waals surface area contributed by atoms with Gasteiger partial charge < -0.3 is 15.2 Å². The van der Waals surface area contributed by atoms with Crippen LogP contribution >= 0.6 is 0 Å². The Morgan fingerprint density at radius 3 is 2.57 bits per heavy atom. The maximum atomic E-state index is 9.53. The largest absolute Gasteiger partial charge is 0.389 e. The molecule has 3 nitrogen and oxygen atoms in total. The van der Waals surface area contributed by atoms with Gasteiger partial charge in [0, 0.05) is 13.1 Å². The van der Waals surface area contributed by atoms with E-state index in [0.29, 0.717) is 18.6 Å². The van der Waals surface area contributed by atoms with Gasteiger partial charge in [0.2, 0.25) is 0 Å². The number of hydrogen-bond acceptors (Lipinski definition) is 3. The van der Waals surface area contributed by atoms with E-state index in [-0.39, 0.29) is 12.2 Å². The van der Waals surface area contributed by atoms with Crippen molar-refractivity contribution in [1.82, 2.24) is 5.32 Å². The molecule has 1 aliphatic rings. The molecule has 0 aromatic carbocycles. The summed E-state index contributed by atoms with van der Waals surface area (Å²) in [5.41, 5.74) is 0.513. The topological polar surface area (TPSA) is 41.5 Å². The summed E-state index contributed by atoms with van der Waals surface area (Å²) in [6, 6.07) is 0. The number of rotatable bonds is 7. The molecular weight excluding hydrogens is 178 g/mol. The summed E-state index contributed by atoms with van der Waals surface area (Å²) < 4.78 is 5.31. The molecule has 0 bridgehead atoms. The number of ether oxygens (including phenoxy) is 1. The van der Waals surface area contributed by atoms with E-state index in [1.54, 1.807) is 0 Å². The predicted molar refractivity (Wildman–Crippen MR) is 57.3 cm³/mol. The molecule has 0 aliphatic heterocycles. The Morgan fingerprint density at radius 2 is 2.07 bits per heavy atom. The van der Waals surface area contributed by atoms with Crippen LogP contribution in [0.15, 0.2) is 0 Å². The van der Waals surface area contributed by atoms with E-state index in [1.807, 2.05) is 13.8 Å². The zero-order chi connectivity index (χ0) is 10.6. The van der Waals surface area contributed by atoms with Gasteiger partial charge in [-0.3, -0.25) is 0 Å². The van der Waals surface area contributed by atoms with E-state index in [9.17, 15) is 5.11 Å². The first-order chi connectivity index (χ1) is 6.52. The minimum Gasteiger partial charge on any atom is -0.389 e. The molecule has 0 heterocycles. The van der Waals surface area contributed by atoms with Gasteiger partial charge in [-0.1, -0.05) is 6.92 Å². The van der Waals surface area contributed by atoms with Crippen LogP contribution in [0.2, 0.25) is 0 Å². The average molecular weight is 201 g/mol. The molecule has 0 saturated heterocycles. The van der Waals surface area contributed by atoms with Gasteiger partial charge in [0.05, 0.1) is 18.8 Å². The van der Waals surface area contributed by atoms with Crippen molar-refractivity contribution in [2.24, 2.45) is 5.41 Å². The van der Waals surface area contributed by atoms with Crippen molar-refractivity contribution in [1.29, 1.82) is 0 Å². The molecule has 1 atom stereocenters. The molecule has 1 rings (SSSR count). The second-order valence-corrected chi connectivity index (χ2v) is 4.98. The second kappa shape index (κ2) is 5.10. The first-order valence-corrected chi connectivity index (χ1v) is 5.52. The molecule has 1 fully saturated rings. The smallest absolute Gasteiger partial charge is 0.0897 e. The highest BCUT2D eigenvalue weighted by Crippen LogP contribution is 2.43. The molecular formula is C11H23NO2. The van der Waals surface area contributed by atoms with Gasteiger partial charge in [-0.05, 0) is 32.1 Å². The van der Waals surface area contributed by atoms with Crippen LogP contribution < -0.4 is 5.32 Å². The van der Waals surface area contributed by atoms with Crippen molar-refractivity contribution in [2.45, 2.75) is 45.8 Å². The fourth-order valence-corrected chi connectivity index (χ4v) is 1.29. The Kier molecular flexibility index (Phi) is 4.35. The molecule has 14 heavy (non-hydrogen) atoms. The van der Waals surface area contributed by atoms with Crippen LogP contribution in [0, 0.1) is 5.41 Å². The molecule has 1 aliphatic carbocycles. The Labute approximate surface area is 86.8 Å². The van der Waals surface area contributed by atoms with Crippen molar-refractivity contribution < 1.29 is 9.84 Å². The first kappa shape index (κ1) is 12.0. The number of hydrogen-bond donors (Lipinski definition) is 2. The van der Waals surface area contributed by atoms with Crippen LogP contribution in [-0.2, 0) is 4.74 Å². The van der Waals surface area contributed by atoms with Crippen molar-refractivity contribution in [2.75, 3.05) is 19.7 Å². The lowest BCUT2D eigenvalue weighted by atomic mass is 10.1. The molecule has 84 valence electrons. The number of aliphatic hydroxyl groups excluding tert-OH is 1. The van der Waals surface area contributed by atoms with Gasteiger partial charge in [-0.25, -0.2) is 0 Å². The van der Waals surface area contributed by atoms with E-state index in [4.69, 9.17) is 4.74 Å². The molecule has 0 radical (unpaired) electrons. The lowest BCUT2D eigenvalue weighted by molar-refractivity contribution is 0.00611. The highest BCUT2D eigenvalue weighted by Gasteiger charge is 2.36. The highest BCUT2D eigenvalue weighted by atomic mass is 16.5. The fourth-order valence-electron chi connectivity index (χ4n) is 1.29. The summed E-state index contributed by atoms with van der Waals surface area (Å²) in [5, 5.41) is 12.8. The molecule has 1 saturated carbocycles. The Balaban J connectivity index is 1.94. The van der Waals surface area contributed by atoms with Crippen molar-refractivity contribution >= 4 is 0 Å². The summed E-state index contributed by atoms with van der Waals surface area (Å²) >= 11 is 0. The van der Waals surface area contributed by atoms with Crippen molar-refractivity contribution in [3.8, 4) is 0 Å². The van der Waals surface area contributed by atoms with E-state index in [2.05, 4.69) is 12.2 Å².